The average Bonchev–Trinajstić information content (AvgIpc) is 2.39. The minimum Gasteiger partial charge on any atom is -0.103 e. The van der Waals surface area contributed by atoms with E-state index in [0.29, 0.717) is 0 Å². The van der Waals surface area contributed by atoms with Crippen LogP contribution in [-0.2, 0) is 0 Å². The topological polar surface area (TPSA) is 0 Å². The van der Waals surface area contributed by atoms with Gasteiger partial charge in [0.2, 0.25) is 0 Å². The highest BCUT2D eigenvalue weighted by atomic mass is 14.2. The van der Waals surface area contributed by atoms with Crippen molar-refractivity contribution in [2.24, 2.45) is 17.8 Å². The highest BCUT2D eigenvalue weighted by Crippen LogP contribution is 2.24. The van der Waals surface area contributed by atoms with Crippen LogP contribution >= 0.6 is 0 Å². The van der Waals surface area contributed by atoms with Gasteiger partial charge in [0.1, 0.15) is 0 Å². The zero-order valence-corrected chi connectivity index (χ0v) is 13.4. The molecule has 0 N–H and O–H groups in total. The maximum absolute atomic E-state index is 3.96. The van der Waals surface area contributed by atoms with E-state index in [0.717, 1.165) is 17.8 Å². The van der Waals surface area contributed by atoms with Crippen LogP contribution in [0.2, 0.25) is 0 Å². The van der Waals surface area contributed by atoms with Crippen molar-refractivity contribution in [2.45, 2.75) is 85.5 Å². The quantitative estimate of drug-likeness (QED) is 0.271. The fourth-order valence-corrected chi connectivity index (χ4v) is 2.72. The summed E-state index contributed by atoms with van der Waals surface area (Å²) in [6.07, 6.45) is 14.5. The molecule has 0 nitrogen and oxygen atoms in total. The van der Waals surface area contributed by atoms with Crippen LogP contribution in [0.4, 0.5) is 0 Å². The molecular formula is C18H36. The van der Waals surface area contributed by atoms with Gasteiger partial charge < -0.3 is 0 Å². The van der Waals surface area contributed by atoms with Crippen LogP contribution in [-0.4, -0.2) is 0 Å². The number of rotatable bonds is 12. The lowest BCUT2D eigenvalue weighted by Crippen LogP contribution is -2.08. The van der Waals surface area contributed by atoms with Gasteiger partial charge in [-0.05, 0) is 30.6 Å². The second-order valence-electron chi connectivity index (χ2n) is 6.17. The smallest absolute Gasteiger partial charge is 0.0236 e. The number of hydrogen-bond donors (Lipinski definition) is 0. The SMILES string of the molecule is C=CC(CCC)CCCCC(C)C(C)CCCC. The fourth-order valence-electron chi connectivity index (χ4n) is 2.72. The maximum atomic E-state index is 3.96. The highest BCUT2D eigenvalue weighted by Gasteiger charge is 2.11. The summed E-state index contributed by atoms with van der Waals surface area (Å²) in [4.78, 5) is 0. The van der Waals surface area contributed by atoms with E-state index in [9.17, 15) is 0 Å². The predicted octanol–water partition coefficient (Wildman–Crippen LogP) is 6.61. The Labute approximate surface area is 116 Å². The van der Waals surface area contributed by atoms with Crippen molar-refractivity contribution in [3.8, 4) is 0 Å². The third-order valence-corrected chi connectivity index (χ3v) is 4.46. The largest absolute Gasteiger partial charge is 0.103 e. The molecule has 0 heteroatoms. The minimum atomic E-state index is 0.767. The minimum absolute atomic E-state index is 0.767. The molecule has 0 saturated carbocycles. The zero-order valence-electron chi connectivity index (χ0n) is 13.4. The van der Waals surface area contributed by atoms with E-state index in [1.165, 1.54) is 57.8 Å². The third kappa shape index (κ3) is 8.78. The van der Waals surface area contributed by atoms with E-state index < -0.39 is 0 Å². The highest BCUT2D eigenvalue weighted by molar-refractivity contribution is 4.78. The summed E-state index contributed by atoms with van der Waals surface area (Å²) in [6.45, 7) is 13.4. The first-order chi connectivity index (χ1) is 8.65. The first-order valence-electron chi connectivity index (χ1n) is 8.28. The summed E-state index contributed by atoms with van der Waals surface area (Å²) in [7, 11) is 0. The molecule has 0 aliphatic heterocycles. The molecule has 0 fully saturated rings. The van der Waals surface area contributed by atoms with Gasteiger partial charge in [0.05, 0.1) is 0 Å². The summed E-state index contributed by atoms with van der Waals surface area (Å²) in [5, 5.41) is 0. The van der Waals surface area contributed by atoms with Crippen LogP contribution in [0.3, 0.4) is 0 Å². The Balaban J connectivity index is 3.60. The first-order valence-corrected chi connectivity index (χ1v) is 8.28. The number of hydrogen-bond acceptors (Lipinski definition) is 0. The second-order valence-corrected chi connectivity index (χ2v) is 6.17. The Kier molecular flexibility index (Phi) is 11.6. The molecule has 108 valence electrons. The van der Waals surface area contributed by atoms with Crippen LogP contribution < -0.4 is 0 Å². The van der Waals surface area contributed by atoms with Gasteiger partial charge in [-0.2, -0.15) is 0 Å². The Morgan fingerprint density at radius 1 is 0.778 bits per heavy atom. The van der Waals surface area contributed by atoms with Crippen molar-refractivity contribution >= 4 is 0 Å². The van der Waals surface area contributed by atoms with Crippen molar-refractivity contribution < 1.29 is 0 Å². The lowest BCUT2D eigenvalue weighted by Gasteiger charge is -2.20. The molecule has 0 aliphatic rings. The zero-order chi connectivity index (χ0) is 13.8. The maximum Gasteiger partial charge on any atom is -0.0236 e. The van der Waals surface area contributed by atoms with Crippen LogP contribution in [0.5, 0.6) is 0 Å². The van der Waals surface area contributed by atoms with Gasteiger partial charge in [0, 0.05) is 0 Å². The molecule has 3 unspecified atom stereocenters. The van der Waals surface area contributed by atoms with Crippen molar-refractivity contribution in [1.29, 1.82) is 0 Å². The molecule has 3 atom stereocenters. The molecule has 0 spiro atoms. The lowest BCUT2D eigenvalue weighted by molar-refractivity contribution is 0.322. The molecule has 0 rings (SSSR count). The van der Waals surface area contributed by atoms with Crippen LogP contribution in [0.15, 0.2) is 12.7 Å². The van der Waals surface area contributed by atoms with Gasteiger partial charge in [-0.15, -0.1) is 6.58 Å². The summed E-state index contributed by atoms with van der Waals surface area (Å²) in [5.41, 5.74) is 0. The number of allylic oxidation sites excluding steroid dienone is 1. The average molecular weight is 252 g/mol. The molecule has 0 radical (unpaired) electrons. The summed E-state index contributed by atoms with van der Waals surface area (Å²) in [5.74, 6) is 2.59. The normalized spacial score (nSPS) is 16.2. The van der Waals surface area contributed by atoms with Gasteiger partial charge in [-0.1, -0.05) is 78.7 Å². The van der Waals surface area contributed by atoms with Crippen LogP contribution in [0, 0.1) is 17.8 Å². The van der Waals surface area contributed by atoms with Gasteiger partial charge in [0.15, 0.2) is 0 Å². The van der Waals surface area contributed by atoms with Gasteiger partial charge in [-0.3, -0.25) is 0 Å². The Bertz CT molecular complexity index is 182. The van der Waals surface area contributed by atoms with Crippen molar-refractivity contribution in [3.63, 3.8) is 0 Å². The van der Waals surface area contributed by atoms with Crippen LogP contribution in [0.1, 0.15) is 85.5 Å². The standard InChI is InChI=1S/C18H36/c1-6-9-13-16(4)17(5)14-10-11-15-18(8-3)12-7-2/h8,16-18H,3,6-7,9-15H2,1-2,4-5H3. The van der Waals surface area contributed by atoms with Crippen molar-refractivity contribution in [2.75, 3.05) is 0 Å². The predicted molar refractivity (Wildman–Crippen MR) is 84.9 cm³/mol. The Hall–Kier alpha value is -0.260. The van der Waals surface area contributed by atoms with E-state index in [4.69, 9.17) is 0 Å². The van der Waals surface area contributed by atoms with Crippen molar-refractivity contribution in [3.05, 3.63) is 12.7 Å². The van der Waals surface area contributed by atoms with Crippen LogP contribution in [0.25, 0.3) is 0 Å². The van der Waals surface area contributed by atoms with Gasteiger partial charge in [-0.25, -0.2) is 0 Å². The second kappa shape index (κ2) is 11.8. The molecule has 0 aromatic carbocycles. The van der Waals surface area contributed by atoms with E-state index in [-0.39, 0.29) is 0 Å². The van der Waals surface area contributed by atoms with Gasteiger partial charge >= 0.3 is 0 Å². The van der Waals surface area contributed by atoms with Crippen molar-refractivity contribution in [1.82, 2.24) is 0 Å². The molecule has 0 amide bonds. The van der Waals surface area contributed by atoms with Gasteiger partial charge in [0.25, 0.3) is 0 Å². The molecule has 0 aliphatic carbocycles. The lowest BCUT2D eigenvalue weighted by atomic mass is 9.86. The summed E-state index contributed by atoms with van der Waals surface area (Å²) >= 11 is 0. The Morgan fingerprint density at radius 2 is 1.33 bits per heavy atom. The molecule has 0 bridgehead atoms. The third-order valence-electron chi connectivity index (χ3n) is 4.46. The molecule has 18 heavy (non-hydrogen) atoms. The van der Waals surface area contributed by atoms with E-state index in [1.54, 1.807) is 0 Å². The van der Waals surface area contributed by atoms with E-state index in [1.807, 2.05) is 0 Å². The molecular weight excluding hydrogens is 216 g/mol. The molecule has 0 saturated heterocycles. The Morgan fingerprint density at radius 3 is 1.83 bits per heavy atom. The van der Waals surface area contributed by atoms with E-state index >= 15 is 0 Å². The summed E-state index contributed by atoms with van der Waals surface area (Å²) in [6, 6.07) is 0. The molecule has 0 aromatic rings. The molecule has 0 aromatic heterocycles. The molecule has 0 heterocycles. The monoisotopic (exact) mass is 252 g/mol. The first kappa shape index (κ1) is 17.7. The summed E-state index contributed by atoms with van der Waals surface area (Å²) < 4.78 is 0. The fraction of sp³-hybridized carbons (Fsp3) is 0.889. The number of unbranched alkanes of at least 4 members (excludes halogenated alkanes) is 2. The van der Waals surface area contributed by atoms with E-state index in [2.05, 4.69) is 40.3 Å².